The van der Waals surface area contributed by atoms with Crippen LogP contribution in [0.5, 0.6) is 0 Å². The van der Waals surface area contributed by atoms with Gasteiger partial charge in [0.15, 0.2) is 0 Å². The molecule has 1 rings (SSSR count). The van der Waals surface area contributed by atoms with Crippen LogP contribution in [-0.2, 0) is 11.2 Å². The SMILES string of the molecule is CCC(NCCc1ccc(Cl)cc1Cl)C(N)=O. The third-order valence-electron chi connectivity index (χ3n) is 2.55. The maximum Gasteiger partial charge on any atom is 0.234 e. The fourth-order valence-corrected chi connectivity index (χ4v) is 2.05. The van der Waals surface area contributed by atoms with Crippen LogP contribution in [0, 0.1) is 0 Å². The van der Waals surface area contributed by atoms with E-state index in [0.29, 0.717) is 23.0 Å². The molecule has 0 aliphatic rings. The number of nitrogens with two attached hydrogens (primary N) is 1. The van der Waals surface area contributed by atoms with Gasteiger partial charge in [-0.25, -0.2) is 0 Å². The Kier molecular flexibility index (Phi) is 5.75. The molecule has 3 nitrogen and oxygen atoms in total. The summed E-state index contributed by atoms with van der Waals surface area (Å²) in [5.41, 5.74) is 6.23. The summed E-state index contributed by atoms with van der Waals surface area (Å²) in [5, 5.41) is 4.36. The minimum absolute atomic E-state index is 0.277. The van der Waals surface area contributed by atoms with Crippen LogP contribution >= 0.6 is 23.2 Å². The van der Waals surface area contributed by atoms with E-state index in [1.807, 2.05) is 13.0 Å². The van der Waals surface area contributed by atoms with Crippen LogP contribution in [0.2, 0.25) is 10.0 Å². The van der Waals surface area contributed by atoms with Gasteiger partial charge in [0.25, 0.3) is 0 Å². The number of carbonyl (C=O) groups excluding carboxylic acids is 1. The van der Waals surface area contributed by atoms with Crippen molar-refractivity contribution in [2.75, 3.05) is 6.54 Å². The van der Waals surface area contributed by atoms with Crippen LogP contribution in [-0.4, -0.2) is 18.5 Å². The van der Waals surface area contributed by atoms with E-state index < -0.39 is 0 Å². The first-order chi connectivity index (χ1) is 8.04. The van der Waals surface area contributed by atoms with Crippen molar-refractivity contribution in [1.82, 2.24) is 5.32 Å². The van der Waals surface area contributed by atoms with Gasteiger partial charge in [0.1, 0.15) is 0 Å². The molecule has 0 saturated carbocycles. The molecule has 3 N–H and O–H groups in total. The maximum atomic E-state index is 11.0. The van der Waals surface area contributed by atoms with E-state index in [9.17, 15) is 4.79 Å². The van der Waals surface area contributed by atoms with Crippen LogP contribution in [0.1, 0.15) is 18.9 Å². The van der Waals surface area contributed by atoms with E-state index in [4.69, 9.17) is 28.9 Å². The lowest BCUT2D eigenvalue weighted by Crippen LogP contribution is -2.41. The molecule has 0 radical (unpaired) electrons. The topological polar surface area (TPSA) is 55.1 Å². The summed E-state index contributed by atoms with van der Waals surface area (Å²) in [6.45, 7) is 2.57. The minimum atomic E-state index is -0.324. The zero-order valence-electron chi connectivity index (χ0n) is 9.67. The highest BCUT2D eigenvalue weighted by molar-refractivity contribution is 6.35. The van der Waals surface area contributed by atoms with Gasteiger partial charge in [-0.05, 0) is 37.1 Å². The number of rotatable bonds is 6. The fourth-order valence-electron chi connectivity index (χ4n) is 1.55. The molecule has 0 aliphatic carbocycles. The zero-order valence-corrected chi connectivity index (χ0v) is 11.2. The Morgan fingerprint density at radius 1 is 1.47 bits per heavy atom. The number of primary amides is 1. The van der Waals surface area contributed by atoms with Gasteiger partial charge in [-0.2, -0.15) is 0 Å². The van der Waals surface area contributed by atoms with E-state index in [2.05, 4.69) is 5.32 Å². The molecule has 1 atom stereocenters. The van der Waals surface area contributed by atoms with Gasteiger partial charge >= 0.3 is 0 Å². The molecule has 0 saturated heterocycles. The van der Waals surface area contributed by atoms with Crippen molar-refractivity contribution in [2.24, 2.45) is 5.73 Å². The van der Waals surface area contributed by atoms with E-state index in [-0.39, 0.29) is 11.9 Å². The summed E-state index contributed by atoms with van der Waals surface area (Å²) < 4.78 is 0. The third-order valence-corrected chi connectivity index (χ3v) is 3.14. The summed E-state index contributed by atoms with van der Waals surface area (Å²) >= 11 is 11.8. The van der Waals surface area contributed by atoms with Crippen molar-refractivity contribution < 1.29 is 4.79 Å². The van der Waals surface area contributed by atoms with Crippen molar-refractivity contribution in [2.45, 2.75) is 25.8 Å². The summed E-state index contributed by atoms with van der Waals surface area (Å²) in [6.07, 6.45) is 1.42. The van der Waals surface area contributed by atoms with Crippen molar-refractivity contribution in [1.29, 1.82) is 0 Å². The van der Waals surface area contributed by atoms with E-state index in [0.717, 1.165) is 12.0 Å². The molecule has 0 fully saturated rings. The van der Waals surface area contributed by atoms with Gasteiger partial charge in [0.2, 0.25) is 5.91 Å². The standard InChI is InChI=1S/C12H16Cl2N2O/c1-2-11(12(15)17)16-6-5-8-3-4-9(13)7-10(8)14/h3-4,7,11,16H,2,5-6H2,1H3,(H2,15,17). The van der Waals surface area contributed by atoms with Gasteiger partial charge in [-0.3, -0.25) is 4.79 Å². The summed E-state index contributed by atoms with van der Waals surface area (Å²) in [7, 11) is 0. The molecule has 5 heteroatoms. The molecular formula is C12H16Cl2N2O. The normalized spacial score (nSPS) is 12.4. The Hall–Kier alpha value is -0.770. The van der Waals surface area contributed by atoms with Crippen LogP contribution in [0.15, 0.2) is 18.2 Å². The Morgan fingerprint density at radius 3 is 2.71 bits per heavy atom. The molecule has 0 spiro atoms. The zero-order chi connectivity index (χ0) is 12.8. The number of benzene rings is 1. The summed E-state index contributed by atoms with van der Waals surface area (Å²) in [4.78, 5) is 11.0. The van der Waals surface area contributed by atoms with Crippen LogP contribution in [0.3, 0.4) is 0 Å². The van der Waals surface area contributed by atoms with Crippen LogP contribution < -0.4 is 11.1 Å². The number of nitrogens with one attached hydrogen (secondary N) is 1. The predicted molar refractivity (Wildman–Crippen MR) is 71.4 cm³/mol. The second-order valence-corrected chi connectivity index (χ2v) is 4.65. The molecule has 94 valence electrons. The Labute approximate surface area is 111 Å². The number of carbonyl (C=O) groups is 1. The highest BCUT2D eigenvalue weighted by Gasteiger charge is 2.11. The first kappa shape index (κ1) is 14.3. The highest BCUT2D eigenvalue weighted by atomic mass is 35.5. The Bertz CT molecular complexity index is 396. The lowest BCUT2D eigenvalue weighted by molar-refractivity contribution is -0.120. The Balaban J connectivity index is 2.48. The monoisotopic (exact) mass is 274 g/mol. The van der Waals surface area contributed by atoms with E-state index >= 15 is 0 Å². The first-order valence-corrected chi connectivity index (χ1v) is 6.26. The van der Waals surface area contributed by atoms with E-state index in [1.54, 1.807) is 12.1 Å². The minimum Gasteiger partial charge on any atom is -0.368 e. The average molecular weight is 275 g/mol. The Morgan fingerprint density at radius 2 is 2.18 bits per heavy atom. The van der Waals surface area contributed by atoms with Crippen molar-refractivity contribution >= 4 is 29.1 Å². The first-order valence-electron chi connectivity index (χ1n) is 5.51. The second-order valence-electron chi connectivity index (χ2n) is 3.80. The summed E-state index contributed by atoms with van der Waals surface area (Å²) in [5.74, 6) is -0.324. The van der Waals surface area contributed by atoms with Crippen molar-refractivity contribution in [3.8, 4) is 0 Å². The van der Waals surface area contributed by atoms with Crippen LogP contribution in [0.4, 0.5) is 0 Å². The average Bonchev–Trinajstić information content (AvgIpc) is 2.26. The molecule has 0 aliphatic heterocycles. The molecule has 0 bridgehead atoms. The lowest BCUT2D eigenvalue weighted by Gasteiger charge is -2.13. The fraction of sp³-hybridized carbons (Fsp3) is 0.417. The van der Waals surface area contributed by atoms with Crippen LogP contribution in [0.25, 0.3) is 0 Å². The maximum absolute atomic E-state index is 11.0. The molecule has 1 aromatic carbocycles. The number of hydrogen-bond donors (Lipinski definition) is 2. The highest BCUT2D eigenvalue weighted by Crippen LogP contribution is 2.21. The number of halogens is 2. The molecule has 0 heterocycles. The van der Waals surface area contributed by atoms with Crippen molar-refractivity contribution in [3.05, 3.63) is 33.8 Å². The van der Waals surface area contributed by atoms with E-state index in [1.165, 1.54) is 0 Å². The number of amides is 1. The molecule has 1 amide bonds. The largest absolute Gasteiger partial charge is 0.368 e. The van der Waals surface area contributed by atoms with Gasteiger partial charge in [0.05, 0.1) is 6.04 Å². The van der Waals surface area contributed by atoms with Gasteiger partial charge in [-0.1, -0.05) is 36.2 Å². The summed E-state index contributed by atoms with van der Waals surface area (Å²) in [6, 6.07) is 5.12. The quantitative estimate of drug-likeness (QED) is 0.837. The molecule has 17 heavy (non-hydrogen) atoms. The lowest BCUT2D eigenvalue weighted by atomic mass is 10.1. The van der Waals surface area contributed by atoms with Gasteiger partial charge < -0.3 is 11.1 Å². The van der Waals surface area contributed by atoms with Crippen molar-refractivity contribution in [3.63, 3.8) is 0 Å². The second kappa shape index (κ2) is 6.84. The molecule has 1 unspecified atom stereocenters. The number of hydrogen-bond acceptors (Lipinski definition) is 2. The van der Waals surface area contributed by atoms with Gasteiger partial charge in [0, 0.05) is 10.0 Å². The molecule has 0 aromatic heterocycles. The van der Waals surface area contributed by atoms with Gasteiger partial charge in [-0.15, -0.1) is 0 Å². The molecular weight excluding hydrogens is 259 g/mol. The predicted octanol–water partition coefficient (Wildman–Crippen LogP) is 2.39. The molecule has 1 aromatic rings. The smallest absolute Gasteiger partial charge is 0.234 e. The third kappa shape index (κ3) is 4.54.